The quantitative estimate of drug-likeness (QED) is 0.591. The maximum atomic E-state index is 12.2. The number of nitrogens with two attached hydrogens (primary N) is 1. The summed E-state index contributed by atoms with van der Waals surface area (Å²) in [6.07, 6.45) is 5.46. The molecule has 0 atom stereocenters. The number of carbonyl (C=O) groups is 1. The van der Waals surface area contributed by atoms with Gasteiger partial charge in [0.1, 0.15) is 0 Å². The van der Waals surface area contributed by atoms with Crippen molar-refractivity contribution in [2.45, 2.75) is 13.8 Å². The van der Waals surface area contributed by atoms with E-state index in [1.54, 1.807) is 12.1 Å². The monoisotopic (exact) mass is 367 g/mol. The number of halogens is 1. The zero-order valence-electron chi connectivity index (χ0n) is 14.8. The topological polar surface area (TPSA) is 67.1 Å². The van der Waals surface area contributed by atoms with E-state index in [1.807, 2.05) is 62.4 Å². The van der Waals surface area contributed by atoms with E-state index in [2.05, 4.69) is 17.2 Å². The Morgan fingerprint density at radius 3 is 2.46 bits per heavy atom. The molecule has 4 nitrogen and oxygen atoms in total. The largest absolute Gasteiger partial charge is 0.402 e. The zero-order chi connectivity index (χ0) is 19.1. The standard InChI is InChI=1S/C21H22ClN3O/c1-4-5-17(13-15(3)23)16-7-9-18(10-8-16)24-21(26)25-20-12-14(2)6-11-19(20)22/h4-13H,1,23H2,2-3H3,(H2,24,25,26)/b15-13-,17-5+. The molecule has 2 aromatic rings. The van der Waals surface area contributed by atoms with E-state index >= 15 is 0 Å². The maximum absolute atomic E-state index is 12.2. The second-order valence-corrected chi connectivity index (χ2v) is 6.29. The second-order valence-electron chi connectivity index (χ2n) is 5.89. The predicted octanol–water partition coefficient (Wildman–Crippen LogP) is 5.72. The average molecular weight is 368 g/mol. The molecule has 0 spiro atoms. The van der Waals surface area contributed by atoms with Crippen LogP contribution in [0.15, 0.2) is 73.0 Å². The van der Waals surface area contributed by atoms with Crippen LogP contribution in [-0.4, -0.2) is 6.03 Å². The number of carbonyl (C=O) groups excluding carboxylic acids is 1. The Labute approximate surface area is 159 Å². The van der Waals surface area contributed by atoms with Crippen molar-refractivity contribution < 1.29 is 4.79 Å². The molecule has 0 fully saturated rings. The van der Waals surface area contributed by atoms with Gasteiger partial charge in [0, 0.05) is 11.4 Å². The molecule has 0 heterocycles. The van der Waals surface area contributed by atoms with Gasteiger partial charge in [-0.25, -0.2) is 4.79 Å². The van der Waals surface area contributed by atoms with Crippen LogP contribution in [-0.2, 0) is 0 Å². The molecule has 4 N–H and O–H groups in total. The van der Waals surface area contributed by atoms with Crippen molar-refractivity contribution in [1.29, 1.82) is 0 Å². The minimum Gasteiger partial charge on any atom is -0.402 e. The molecular weight excluding hydrogens is 346 g/mol. The molecule has 0 radical (unpaired) electrons. The highest BCUT2D eigenvalue weighted by Gasteiger charge is 2.07. The highest BCUT2D eigenvalue weighted by atomic mass is 35.5. The lowest BCUT2D eigenvalue weighted by molar-refractivity contribution is 0.262. The molecule has 26 heavy (non-hydrogen) atoms. The Balaban J connectivity index is 2.10. The third-order valence-electron chi connectivity index (χ3n) is 3.53. The minimum absolute atomic E-state index is 0.357. The molecule has 2 rings (SSSR count). The molecule has 0 aliphatic heterocycles. The number of hydrogen-bond acceptors (Lipinski definition) is 2. The third kappa shape index (κ3) is 5.53. The van der Waals surface area contributed by atoms with Crippen LogP contribution in [0.3, 0.4) is 0 Å². The summed E-state index contributed by atoms with van der Waals surface area (Å²) in [7, 11) is 0. The number of benzene rings is 2. The van der Waals surface area contributed by atoms with Gasteiger partial charge < -0.3 is 16.4 Å². The first-order valence-electron chi connectivity index (χ1n) is 8.10. The summed E-state index contributed by atoms with van der Waals surface area (Å²) in [5, 5.41) is 6.03. The van der Waals surface area contributed by atoms with Gasteiger partial charge in [0.2, 0.25) is 0 Å². The van der Waals surface area contributed by atoms with E-state index in [9.17, 15) is 4.79 Å². The van der Waals surface area contributed by atoms with Crippen LogP contribution < -0.4 is 16.4 Å². The van der Waals surface area contributed by atoms with Gasteiger partial charge in [0.05, 0.1) is 10.7 Å². The maximum Gasteiger partial charge on any atom is 0.323 e. The normalized spacial score (nSPS) is 11.8. The van der Waals surface area contributed by atoms with Crippen molar-refractivity contribution in [3.8, 4) is 0 Å². The molecule has 134 valence electrons. The number of anilines is 2. The molecule has 0 saturated carbocycles. The van der Waals surface area contributed by atoms with E-state index in [1.165, 1.54) is 0 Å². The third-order valence-corrected chi connectivity index (χ3v) is 3.86. The molecule has 5 heteroatoms. The Morgan fingerprint density at radius 1 is 1.15 bits per heavy atom. The van der Waals surface area contributed by atoms with Gasteiger partial charge in [-0.1, -0.05) is 48.5 Å². The summed E-state index contributed by atoms with van der Waals surface area (Å²) in [5.41, 5.74) is 10.6. The van der Waals surface area contributed by atoms with Crippen molar-refractivity contribution in [3.05, 3.63) is 89.1 Å². The van der Waals surface area contributed by atoms with Gasteiger partial charge in [-0.2, -0.15) is 0 Å². The van der Waals surface area contributed by atoms with E-state index in [4.69, 9.17) is 17.3 Å². The molecule has 0 aromatic heterocycles. The predicted molar refractivity (Wildman–Crippen MR) is 111 cm³/mol. The average Bonchev–Trinajstić information content (AvgIpc) is 2.58. The number of nitrogens with one attached hydrogen (secondary N) is 2. The fourth-order valence-electron chi connectivity index (χ4n) is 2.37. The van der Waals surface area contributed by atoms with Gasteiger partial charge >= 0.3 is 6.03 Å². The molecule has 0 saturated heterocycles. The lowest BCUT2D eigenvalue weighted by Crippen LogP contribution is -2.19. The molecule has 2 aromatic carbocycles. The van der Waals surface area contributed by atoms with Crippen molar-refractivity contribution in [3.63, 3.8) is 0 Å². The fraction of sp³-hybridized carbons (Fsp3) is 0.0952. The summed E-state index contributed by atoms with van der Waals surface area (Å²) in [5.74, 6) is 0. The Bertz CT molecular complexity index is 863. The zero-order valence-corrected chi connectivity index (χ0v) is 15.6. The van der Waals surface area contributed by atoms with Crippen LogP contribution >= 0.6 is 11.6 Å². The van der Waals surface area contributed by atoms with Gasteiger partial charge in [0.25, 0.3) is 0 Å². The molecule has 0 aliphatic carbocycles. The Morgan fingerprint density at radius 2 is 1.85 bits per heavy atom. The lowest BCUT2D eigenvalue weighted by atomic mass is 10.0. The van der Waals surface area contributed by atoms with Crippen molar-refractivity contribution in [2.75, 3.05) is 10.6 Å². The number of allylic oxidation sites excluding steroid dienone is 5. The van der Waals surface area contributed by atoms with E-state index in [0.717, 1.165) is 16.7 Å². The van der Waals surface area contributed by atoms with Gasteiger partial charge in [0.15, 0.2) is 0 Å². The first-order valence-corrected chi connectivity index (χ1v) is 8.48. The summed E-state index contributed by atoms with van der Waals surface area (Å²) in [6.45, 7) is 7.48. The number of hydrogen-bond donors (Lipinski definition) is 3. The summed E-state index contributed by atoms with van der Waals surface area (Å²) >= 11 is 6.10. The first kappa shape index (κ1) is 19.3. The number of aryl methyl sites for hydroxylation is 1. The van der Waals surface area contributed by atoms with Crippen LogP contribution in [0, 0.1) is 6.92 Å². The number of urea groups is 1. The molecular formula is C21H22ClN3O. The van der Waals surface area contributed by atoms with Gasteiger partial charge in [-0.3, -0.25) is 0 Å². The fourth-order valence-corrected chi connectivity index (χ4v) is 2.53. The summed E-state index contributed by atoms with van der Waals surface area (Å²) in [6, 6.07) is 12.6. The molecule has 2 amide bonds. The van der Waals surface area contributed by atoms with Crippen molar-refractivity contribution in [1.82, 2.24) is 0 Å². The highest BCUT2D eigenvalue weighted by molar-refractivity contribution is 6.33. The van der Waals surface area contributed by atoms with Crippen LogP contribution in [0.4, 0.5) is 16.2 Å². The summed E-state index contributed by atoms with van der Waals surface area (Å²) in [4.78, 5) is 12.2. The van der Waals surface area contributed by atoms with Gasteiger partial charge in [-0.05, 0) is 60.9 Å². The van der Waals surface area contributed by atoms with E-state index < -0.39 is 0 Å². The Hall–Kier alpha value is -2.98. The highest BCUT2D eigenvalue weighted by Crippen LogP contribution is 2.23. The lowest BCUT2D eigenvalue weighted by Gasteiger charge is -2.10. The number of amides is 2. The smallest absolute Gasteiger partial charge is 0.323 e. The van der Waals surface area contributed by atoms with Crippen LogP contribution in [0.5, 0.6) is 0 Å². The summed E-state index contributed by atoms with van der Waals surface area (Å²) < 4.78 is 0. The molecule has 0 unspecified atom stereocenters. The van der Waals surface area contributed by atoms with E-state index in [0.29, 0.717) is 22.1 Å². The van der Waals surface area contributed by atoms with E-state index in [-0.39, 0.29) is 6.03 Å². The Kier molecular flexibility index (Phi) is 6.64. The first-order chi connectivity index (χ1) is 12.4. The SMILES string of the molecule is C=C/C=C(\C=C(\C)N)c1ccc(NC(=O)Nc2cc(C)ccc2Cl)cc1. The number of rotatable bonds is 5. The minimum atomic E-state index is -0.357. The van der Waals surface area contributed by atoms with Crippen LogP contribution in [0.2, 0.25) is 5.02 Å². The van der Waals surface area contributed by atoms with Crippen molar-refractivity contribution >= 4 is 34.6 Å². The molecule has 0 aliphatic rings. The van der Waals surface area contributed by atoms with Gasteiger partial charge in [-0.15, -0.1) is 0 Å². The van der Waals surface area contributed by atoms with Crippen LogP contribution in [0.25, 0.3) is 5.57 Å². The van der Waals surface area contributed by atoms with Crippen LogP contribution in [0.1, 0.15) is 18.1 Å². The second kappa shape index (κ2) is 8.92. The van der Waals surface area contributed by atoms with Crippen molar-refractivity contribution in [2.24, 2.45) is 5.73 Å². The molecule has 0 bridgehead atoms.